The first-order chi connectivity index (χ1) is 13.8. The SMILES string of the molecule is COc1ccc2cc(CN(C)C(=O)CCS(=O)(=O)c3ccc(C)cc3)ccc2c1. The molecule has 0 N–H and O–H groups in total. The predicted molar refractivity (Wildman–Crippen MR) is 115 cm³/mol. The number of rotatable bonds is 7. The quantitative estimate of drug-likeness (QED) is 0.590. The van der Waals surface area contributed by atoms with Gasteiger partial charge in [-0.25, -0.2) is 8.42 Å². The Balaban J connectivity index is 1.63. The van der Waals surface area contributed by atoms with Gasteiger partial charge in [-0.2, -0.15) is 0 Å². The van der Waals surface area contributed by atoms with Gasteiger partial charge < -0.3 is 9.64 Å². The summed E-state index contributed by atoms with van der Waals surface area (Å²) in [6.45, 7) is 2.32. The molecule has 0 fully saturated rings. The first-order valence-electron chi connectivity index (χ1n) is 9.38. The largest absolute Gasteiger partial charge is 0.497 e. The van der Waals surface area contributed by atoms with E-state index in [1.807, 2.05) is 43.3 Å². The van der Waals surface area contributed by atoms with Gasteiger partial charge in [0.2, 0.25) is 5.91 Å². The van der Waals surface area contributed by atoms with Crippen molar-refractivity contribution in [2.24, 2.45) is 0 Å². The fourth-order valence-electron chi connectivity index (χ4n) is 3.14. The van der Waals surface area contributed by atoms with Crippen LogP contribution in [-0.4, -0.2) is 39.1 Å². The van der Waals surface area contributed by atoms with E-state index in [9.17, 15) is 13.2 Å². The van der Waals surface area contributed by atoms with Crippen LogP contribution in [0.25, 0.3) is 10.8 Å². The number of amides is 1. The van der Waals surface area contributed by atoms with Gasteiger partial charge in [0.1, 0.15) is 5.75 Å². The maximum Gasteiger partial charge on any atom is 0.223 e. The molecule has 0 saturated carbocycles. The second-order valence-corrected chi connectivity index (χ2v) is 9.29. The van der Waals surface area contributed by atoms with E-state index in [0.717, 1.165) is 27.6 Å². The van der Waals surface area contributed by atoms with Gasteiger partial charge in [0.15, 0.2) is 9.84 Å². The van der Waals surface area contributed by atoms with Gasteiger partial charge in [-0.05, 0) is 53.6 Å². The molecule has 5 nitrogen and oxygen atoms in total. The van der Waals surface area contributed by atoms with Gasteiger partial charge in [0.05, 0.1) is 17.8 Å². The Morgan fingerprint density at radius 3 is 2.31 bits per heavy atom. The highest BCUT2D eigenvalue weighted by molar-refractivity contribution is 7.91. The van der Waals surface area contributed by atoms with Crippen molar-refractivity contribution in [3.8, 4) is 5.75 Å². The normalized spacial score (nSPS) is 11.4. The average Bonchev–Trinajstić information content (AvgIpc) is 2.72. The lowest BCUT2D eigenvalue weighted by Gasteiger charge is -2.18. The van der Waals surface area contributed by atoms with E-state index in [1.54, 1.807) is 43.3 Å². The smallest absolute Gasteiger partial charge is 0.223 e. The molecule has 0 aliphatic rings. The van der Waals surface area contributed by atoms with Crippen molar-refractivity contribution >= 4 is 26.5 Å². The third-order valence-corrected chi connectivity index (χ3v) is 6.65. The summed E-state index contributed by atoms with van der Waals surface area (Å²) in [6.07, 6.45) is -0.0442. The Kier molecular flexibility index (Phi) is 6.23. The summed E-state index contributed by atoms with van der Waals surface area (Å²) >= 11 is 0. The number of methoxy groups -OCH3 is 1. The third-order valence-electron chi connectivity index (χ3n) is 4.92. The summed E-state index contributed by atoms with van der Waals surface area (Å²) in [5.74, 6) is 0.402. The van der Waals surface area contributed by atoms with E-state index in [1.165, 1.54) is 0 Å². The summed E-state index contributed by atoms with van der Waals surface area (Å²) in [4.78, 5) is 14.3. The van der Waals surface area contributed by atoms with Crippen molar-refractivity contribution in [2.75, 3.05) is 19.9 Å². The number of aryl methyl sites for hydroxylation is 1. The van der Waals surface area contributed by atoms with E-state index in [4.69, 9.17) is 4.74 Å². The zero-order valence-electron chi connectivity index (χ0n) is 16.9. The summed E-state index contributed by atoms with van der Waals surface area (Å²) in [7, 11) is -0.146. The highest BCUT2D eigenvalue weighted by atomic mass is 32.2. The summed E-state index contributed by atoms with van der Waals surface area (Å²) < 4.78 is 30.1. The van der Waals surface area contributed by atoms with Crippen LogP contribution in [0.15, 0.2) is 65.6 Å². The lowest BCUT2D eigenvalue weighted by molar-refractivity contribution is -0.130. The lowest BCUT2D eigenvalue weighted by atomic mass is 10.1. The minimum atomic E-state index is -3.47. The van der Waals surface area contributed by atoms with Crippen molar-refractivity contribution < 1.29 is 17.9 Å². The Morgan fingerprint density at radius 1 is 0.966 bits per heavy atom. The van der Waals surface area contributed by atoms with Crippen LogP contribution in [0.1, 0.15) is 17.5 Å². The third kappa shape index (κ3) is 5.15. The number of nitrogens with zero attached hydrogens (tertiary/aromatic N) is 1. The molecule has 3 aromatic carbocycles. The number of hydrogen-bond acceptors (Lipinski definition) is 4. The Labute approximate surface area is 171 Å². The summed E-state index contributed by atoms with van der Waals surface area (Å²) in [5, 5.41) is 2.12. The molecule has 0 bridgehead atoms. The number of hydrogen-bond donors (Lipinski definition) is 0. The number of carbonyl (C=O) groups excluding carboxylic acids is 1. The highest BCUT2D eigenvalue weighted by Crippen LogP contribution is 2.22. The van der Waals surface area contributed by atoms with Crippen molar-refractivity contribution in [1.82, 2.24) is 4.90 Å². The van der Waals surface area contributed by atoms with E-state index in [0.29, 0.717) is 6.54 Å². The maximum absolute atomic E-state index is 12.5. The fourth-order valence-corrected chi connectivity index (χ4v) is 4.37. The van der Waals surface area contributed by atoms with Crippen molar-refractivity contribution in [3.63, 3.8) is 0 Å². The van der Waals surface area contributed by atoms with E-state index in [2.05, 4.69) is 0 Å². The van der Waals surface area contributed by atoms with Crippen LogP contribution in [0.3, 0.4) is 0 Å². The van der Waals surface area contributed by atoms with Crippen LogP contribution in [0, 0.1) is 6.92 Å². The highest BCUT2D eigenvalue weighted by Gasteiger charge is 2.18. The molecule has 3 aromatic rings. The van der Waals surface area contributed by atoms with Crippen LogP contribution >= 0.6 is 0 Å². The minimum absolute atomic E-state index is 0.0442. The average molecular weight is 412 g/mol. The second kappa shape index (κ2) is 8.66. The monoisotopic (exact) mass is 411 g/mol. The second-order valence-electron chi connectivity index (χ2n) is 7.18. The van der Waals surface area contributed by atoms with Crippen molar-refractivity contribution in [1.29, 1.82) is 0 Å². The van der Waals surface area contributed by atoms with Crippen LogP contribution in [-0.2, 0) is 21.2 Å². The molecule has 0 radical (unpaired) electrons. The molecule has 0 aliphatic heterocycles. The van der Waals surface area contributed by atoms with Gasteiger partial charge in [-0.3, -0.25) is 4.79 Å². The number of carbonyl (C=O) groups is 1. The molecule has 0 saturated heterocycles. The number of benzene rings is 3. The minimum Gasteiger partial charge on any atom is -0.497 e. The predicted octanol–water partition coefficient (Wildman–Crippen LogP) is 3.98. The molecule has 3 rings (SSSR count). The summed E-state index contributed by atoms with van der Waals surface area (Å²) in [6, 6.07) is 18.5. The van der Waals surface area contributed by atoms with Gasteiger partial charge in [-0.1, -0.05) is 35.9 Å². The van der Waals surface area contributed by atoms with Crippen molar-refractivity contribution in [2.45, 2.75) is 24.8 Å². The molecular weight excluding hydrogens is 386 g/mol. The number of ether oxygens (including phenoxy) is 1. The molecule has 6 heteroatoms. The standard InChI is InChI=1S/C23H25NO4S/c1-17-4-10-22(11-5-17)29(26,27)13-12-23(25)24(2)16-18-6-7-20-15-21(28-3)9-8-19(20)14-18/h4-11,14-15H,12-13,16H2,1-3H3. The summed E-state index contributed by atoms with van der Waals surface area (Å²) in [5.41, 5.74) is 1.98. The van der Waals surface area contributed by atoms with Gasteiger partial charge in [0, 0.05) is 20.0 Å². The first kappa shape index (κ1) is 20.9. The van der Waals surface area contributed by atoms with Gasteiger partial charge in [0.25, 0.3) is 0 Å². The molecule has 0 aromatic heterocycles. The fraction of sp³-hybridized carbons (Fsp3) is 0.261. The molecule has 29 heavy (non-hydrogen) atoms. The first-order valence-corrected chi connectivity index (χ1v) is 11.0. The van der Waals surface area contributed by atoms with E-state index < -0.39 is 9.84 Å². The topological polar surface area (TPSA) is 63.7 Å². The van der Waals surface area contributed by atoms with E-state index >= 15 is 0 Å². The zero-order valence-corrected chi connectivity index (χ0v) is 17.7. The van der Waals surface area contributed by atoms with Crippen LogP contribution < -0.4 is 4.74 Å². The van der Waals surface area contributed by atoms with Gasteiger partial charge >= 0.3 is 0 Å². The van der Waals surface area contributed by atoms with Crippen LogP contribution in [0.5, 0.6) is 5.75 Å². The van der Waals surface area contributed by atoms with Crippen molar-refractivity contribution in [3.05, 3.63) is 71.8 Å². The zero-order chi connectivity index (χ0) is 21.0. The van der Waals surface area contributed by atoms with Crippen LogP contribution in [0.4, 0.5) is 0 Å². The molecular formula is C23H25NO4S. The molecule has 1 amide bonds. The molecule has 0 spiro atoms. The Hall–Kier alpha value is -2.86. The Bertz CT molecular complexity index is 1120. The molecule has 0 heterocycles. The Morgan fingerprint density at radius 2 is 1.62 bits per heavy atom. The molecule has 0 unspecified atom stereocenters. The van der Waals surface area contributed by atoms with Crippen LogP contribution in [0.2, 0.25) is 0 Å². The maximum atomic E-state index is 12.5. The molecule has 0 atom stereocenters. The lowest BCUT2D eigenvalue weighted by Crippen LogP contribution is -2.28. The van der Waals surface area contributed by atoms with E-state index in [-0.39, 0.29) is 23.0 Å². The molecule has 0 aliphatic carbocycles. The van der Waals surface area contributed by atoms with Gasteiger partial charge in [-0.15, -0.1) is 0 Å². The molecule has 152 valence electrons. The number of sulfone groups is 1. The number of fused-ring (bicyclic) bond motifs is 1.